The summed E-state index contributed by atoms with van der Waals surface area (Å²) < 4.78 is 0. The predicted molar refractivity (Wildman–Crippen MR) is 60.2 cm³/mol. The number of carbonyl (C=O) groups excluding carboxylic acids is 1. The van der Waals surface area contributed by atoms with Crippen LogP contribution >= 0.6 is 0 Å². The van der Waals surface area contributed by atoms with E-state index in [1.807, 2.05) is 6.92 Å². The Morgan fingerprint density at radius 2 is 1.71 bits per heavy atom. The van der Waals surface area contributed by atoms with Crippen LogP contribution < -0.4 is 0 Å². The normalized spacial score (nSPS) is 27.3. The minimum atomic E-state index is 0.293. The summed E-state index contributed by atoms with van der Waals surface area (Å²) in [5.41, 5.74) is 1.29. The molecule has 80 valence electrons. The summed E-state index contributed by atoms with van der Waals surface area (Å²) in [5, 5.41) is 0. The zero-order valence-electron chi connectivity index (χ0n) is 9.51. The van der Waals surface area contributed by atoms with E-state index in [2.05, 4.69) is 13.5 Å². The number of Topliss-reactive ketones (excluding diaryl/α,β-unsaturated/α-hetero) is 1. The van der Waals surface area contributed by atoms with E-state index in [1.54, 1.807) is 0 Å². The predicted octanol–water partition coefficient (Wildman–Crippen LogP) is 3.74. The van der Waals surface area contributed by atoms with Crippen LogP contribution in [0.25, 0.3) is 0 Å². The Balaban J connectivity index is 2.68. The van der Waals surface area contributed by atoms with Crippen molar-refractivity contribution in [1.29, 1.82) is 0 Å². The number of ketones is 1. The first kappa shape index (κ1) is 11.5. The Kier molecular flexibility index (Phi) is 4.37. The Morgan fingerprint density at radius 1 is 1.14 bits per heavy atom. The molecule has 0 amide bonds. The van der Waals surface area contributed by atoms with Crippen LogP contribution in [0.15, 0.2) is 12.2 Å². The molecule has 1 fully saturated rings. The number of carbonyl (C=O) groups is 1. The third kappa shape index (κ3) is 2.46. The quantitative estimate of drug-likeness (QED) is 0.623. The van der Waals surface area contributed by atoms with Crippen molar-refractivity contribution in [3.8, 4) is 0 Å². The van der Waals surface area contributed by atoms with Crippen molar-refractivity contribution in [3.05, 3.63) is 12.2 Å². The van der Waals surface area contributed by atoms with Crippen LogP contribution in [0, 0.1) is 11.8 Å². The summed E-state index contributed by atoms with van der Waals surface area (Å²) in [6, 6.07) is 0. The van der Waals surface area contributed by atoms with Crippen LogP contribution in [-0.4, -0.2) is 5.78 Å². The maximum absolute atomic E-state index is 11.8. The average molecular weight is 194 g/mol. The van der Waals surface area contributed by atoms with Gasteiger partial charge in [0.1, 0.15) is 5.78 Å². The molecule has 0 aromatic rings. The van der Waals surface area contributed by atoms with Crippen LogP contribution in [0.4, 0.5) is 0 Å². The lowest BCUT2D eigenvalue weighted by atomic mass is 9.72. The molecule has 0 N–H and O–H groups in total. The molecule has 1 nitrogen and oxygen atoms in total. The molecule has 0 heterocycles. The lowest BCUT2D eigenvalue weighted by Crippen LogP contribution is -2.27. The van der Waals surface area contributed by atoms with Gasteiger partial charge in [-0.2, -0.15) is 0 Å². The molecular formula is C13H22O. The highest BCUT2D eigenvalue weighted by Gasteiger charge is 2.30. The van der Waals surface area contributed by atoms with Gasteiger partial charge in [0.25, 0.3) is 0 Å². The first-order valence-electron chi connectivity index (χ1n) is 5.91. The highest BCUT2D eigenvalue weighted by Crippen LogP contribution is 2.36. The molecular weight excluding hydrogens is 172 g/mol. The monoisotopic (exact) mass is 194 g/mol. The third-order valence-corrected chi connectivity index (χ3v) is 3.51. The average Bonchev–Trinajstić information content (AvgIpc) is 2.27. The van der Waals surface area contributed by atoms with Crippen LogP contribution in [0.5, 0.6) is 0 Å². The van der Waals surface area contributed by atoms with E-state index < -0.39 is 0 Å². The smallest absolute Gasteiger partial charge is 0.136 e. The molecule has 14 heavy (non-hydrogen) atoms. The molecule has 1 saturated carbocycles. The largest absolute Gasteiger partial charge is 0.299 e. The molecule has 0 radical (unpaired) electrons. The fraction of sp³-hybridized carbons (Fsp3) is 0.769. The molecule has 1 heteroatoms. The number of rotatable bonds is 4. The second-order valence-electron chi connectivity index (χ2n) is 4.33. The highest BCUT2D eigenvalue weighted by molar-refractivity contribution is 5.81. The van der Waals surface area contributed by atoms with Gasteiger partial charge in [-0.3, -0.25) is 4.79 Å². The molecule has 1 aliphatic carbocycles. The molecule has 1 rings (SSSR count). The van der Waals surface area contributed by atoms with Gasteiger partial charge in [-0.05, 0) is 25.2 Å². The first-order chi connectivity index (χ1) is 6.70. The fourth-order valence-electron chi connectivity index (χ4n) is 2.53. The summed E-state index contributed by atoms with van der Waals surface area (Å²) in [6.45, 7) is 8.23. The van der Waals surface area contributed by atoms with E-state index in [0.717, 1.165) is 12.8 Å². The molecule has 0 aromatic heterocycles. The van der Waals surface area contributed by atoms with Crippen molar-refractivity contribution in [2.75, 3.05) is 0 Å². The van der Waals surface area contributed by atoms with Crippen molar-refractivity contribution < 1.29 is 4.79 Å². The zero-order valence-corrected chi connectivity index (χ0v) is 9.51. The summed E-state index contributed by atoms with van der Waals surface area (Å²) in [4.78, 5) is 11.8. The topological polar surface area (TPSA) is 17.1 Å². The Bertz CT molecular complexity index is 193. The maximum Gasteiger partial charge on any atom is 0.136 e. The van der Waals surface area contributed by atoms with E-state index >= 15 is 0 Å². The van der Waals surface area contributed by atoms with Crippen molar-refractivity contribution in [2.24, 2.45) is 11.8 Å². The van der Waals surface area contributed by atoms with Gasteiger partial charge < -0.3 is 0 Å². The second-order valence-corrected chi connectivity index (χ2v) is 4.33. The van der Waals surface area contributed by atoms with Gasteiger partial charge in [-0.1, -0.05) is 38.8 Å². The first-order valence-corrected chi connectivity index (χ1v) is 5.91. The van der Waals surface area contributed by atoms with Crippen LogP contribution in [0.2, 0.25) is 0 Å². The Hall–Kier alpha value is -0.590. The molecule has 1 aliphatic rings. The van der Waals surface area contributed by atoms with Gasteiger partial charge in [0.15, 0.2) is 0 Å². The standard InChI is InChI=1S/C13H22O/c1-4-10(3)11-8-6-7-9-12(11)13(14)5-2/h11-12H,3-9H2,1-2H3. The van der Waals surface area contributed by atoms with Crippen molar-refractivity contribution in [2.45, 2.75) is 52.4 Å². The van der Waals surface area contributed by atoms with E-state index in [0.29, 0.717) is 24.0 Å². The summed E-state index contributed by atoms with van der Waals surface area (Å²) in [5.74, 6) is 1.23. The van der Waals surface area contributed by atoms with Crippen molar-refractivity contribution in [3.63, 3.8) is 0 Å². The SMILES string of the molecule is C=C(CC)C1CCCCC1C(=O)CC. The summed E-state index contributed by atoms with van der Waals surface area (Å²) in [7, 11) is 0. The molecule has 0 aliphatic heterocycles. The van der Waals surface area contributed by atoms with Crippen molar-refractivity contribution >= 4 is 5.78 Å². The molecule has 2 atom stereocenters. The van der Waals surface area contributed by atoms with Gasteiger partial charge in [0, 0.05) is 12.3 Å². The fourth-order valence-corrected chi connectivity index (χ4v) is 2.53. The highest BCUT2D eigenvalue weighted by atomic mass is 16.1. The lowest BCUT2D eigenvalue weighted by Gasteiger charge is -2.31. The van der Waals surface area contributed by atoms with Gasteiger partial charge in [-0.25, -0.2) is 0 Å². The number of allylic oxidation sites excluding steroid dienone is 1. The van der Waals surface area contributed by atoms with E-state index in [4.69, 9.17) is 0 Å². The van der Waals surface area contributed by atoms with Gasteiger partial charge in [0.05, 0.1) is 0 Å². The third-order valence-electron chi connectivity index (χ3n) is 3.51. The van der Waals surface area contributed by atoms with Gasteiger partial charge >= 0.3 is 0 Å². The maximum atomic E-state index is 11.8. The minimum absolute atomic E-state index is 0.293. The van der Waals surface area contributed by atoms with Crippen LogP contribution in [0.1, 0.15) is 52.4 Å². The van der Waals surface area contributed by atoms with E-state index in [-0.39, 0.29) is 0 Å². The zero-order chi connectivity index (χ0) is 10.6. The second kappa shape index (κ2) is 5.33. The Morgan fingerprint density at radius 3 is 2.21 bits per heavy atom. The minimum Gasteiger partial charge on any atom is -0.299 e. The summed E-state index contributed by atoms with van der Waals surface area (Å²) >= 11 is 0. The number of hydrogen-bond donors (Lipinski definition) is 0. The van der Waals surface area contributed by atoms with Crippen LogP contribution in [0.3, 0.4) is 0 Å². The van der Waals surface area contributed by atoms with E-state index in [1.165, 1.54) is 24.8 Å². The van der Waals surface area contributed by atoms with Crippen LogP contribution in [-0.2, 0) is 4.79 Å². The molecule has 2 unspecified atom stereocenters. The van der Waals surface area contributed by atoms with Gasteiger partial charge in [0.2, 0.25) is 0 Å². The van der Waals surface area contributed by atoms with E-state index in [9.17, 15) is 4.79 Å². The number of hydrogen-bond acceptors (Lipinski definition) is 1. The lowest BCUT2D eigenvalue weighted by molar-refractivity contribution is -0.124. The van der Waals surface area contributed by atoms with Gasteiger partial charge in [-0.15, -0.1) is 0 Å². The summed E-state index contributed by atoms with van der Waals surface area (Å²) in [6.07, 6.45) is 6.50. The molecule has 0 bridgehead atoms. The van der Waals surface area contributed by atoms with Crippen molar-refractivity contribution in [1.82, 2.24) is 0 Å². The molecule has 0 spiro atoms. The molecule has 0 aromatic carbocycles. The molecule has 0 saturated heterocycles. The Labute approximate surface area is 87.6 Å².